The molecule has 0 unspecified atom stereocenters. The molecule has 1 fully saturated rings. The molecule has 9 heteroatoms. The topological polar surface area (TPSA) is 85.1 Å². The molecule has 2 N–H and O–H groups in total. The van der Waals surface area contributed by atoms with E-state index >= 15 is 0 Å². The van der Waals surface area contributed by atoms with Crippen molar-refractivity contribution in [2.45, 2.75) is 44.4 Å². The maximum absolute atomic E-state index is 13.0. The summed E-state index contributed by atoms with van der Waals surface area (Å²) in [4.78, 5) is 28.2. The highest BCUT2D eigenvalue weighted by Crippen LogP contribution is 2.40. The van der Waals surface area contributed by atoms with E-state index in [4.69, 9.17) is 10.5 Å². The molecule has 31 heavy (non-hydrogen) atoms. The van der Waals surface area contributed by atoms with Gasteiger partial charge in [-0.2, -0.15) is 8.78 Å². The van der Waals surface area contributed by atoms with Crippen LogP contribution in [0.2, 0.25) is 0 Å². The number of amides is 2. The lowest BCUT2D eigenvalue weighted by Crippen LogP contribution is -2.58. The number of halogens is 2. The van der Waals surface area contributed by atoms with Crippen LogP contribution in [0.15, 0.2) is 42.6 Å². The molecule has 1 aromatic carbocycles. The van der Waals surface area contributed by atoms with E-state index in [0.29, 0.717) is 13.0 Å². The van der Waals surface area contributed by atoms with E-state index in [1.54, 1.807) is 24.0 Å². The number of ether oxygens (including phenoxy) is 2. The molecule has 2 amide bonds. The van der Waals surface area contributed by atoms with Gasteiger partial charge in [0.2, 0.25) is 11.8 Å². The van der Waals surface area contributed by atoms with Gasteiger partial charge in [0.25, 0.3) is 0 Å². The van der Waals surface area contributed by atoms with Crippen molar-refractivity contribution in [2.24, 2.45) is 5.73 Å². The van der Waals surface area contributed by atoms with Crippen LogP contribution in [0.4, 0.5) is 8.78 Å². The van der Waals surface area contributed by atoms with Gasteiger partial charge in [-0.3, -0.25) is 9.59 Å². The number of nitrogens with zero attached hydrogens (tertiary/aromatic N) is 2. The standard InChI is InChI=1S/C22H27F2N3O4/c1-3-30-18-12-15(6-7-17(18)31-21(23)24)16-13-20(29)27(14-16)22(10-8-19(25)28)9-4-5-11-26(22)2/h4-7,9,11-12,16,21H,3,8,10,13-14H2,1-2H3,(H2,25,28)/t16-,22+/m1/s1. The van der Waals surface area contributed by atoms with E-state index in [9.17, 15) is 18.4 Å². The second kappa shape index (κ2) is 9.36. The summed E-state index contributed by atoms with van der Waals surface area (Å²) in [6.07, 6.45) is 8.22. The van der Waals surface area contributed by atoms with E-state index in [0.717, 1.165) is 5.56 Å². The van der Waals surface area contributed by atoms with Crippen LogP contribution >= 0.6 is 0 Å². The number of carbonyl (C=O) groups is 2. The summed E-state index contributed by atoms with van der Waals surface area (Å²) in [5.41, 5.74) is 5.38. The first kappa shape index (κ1) is 22.6. The quantitative estimate of drug-likeness (QED) is 0.645. The first-order valence-corrected chi connectivity index (χ1v) is 10.2. The lowest BCUT2D eigenvalue weighted by Gasteiger charge is -2.47. The van der Waals surface area contributed by atoms with Gasteiger partial charge < -0.3 is 25.0 Å². The highest BCUT2D eigenvalue weighted by atomic mass is 19.3. The van der Waals surface area contributed by atoms with Crippen LogP contribution in [0.25, 0.3) is 0 Å². The molecular weight excluding hydrogens is 408 g/mol. The van der Waals surface area contributed by atoms with Gasteiger partial charge >= 0.3 is 6.61 Å². The Morgan fingerprint density at radius 3 is 2.74 bits per heavy atom. The monoisotopic (exact) mass is 435 g/mol. The molecule has 0 saturated carbocycles. The summed E-state index contributed by atoms with van der Waals surface area (Å²) in [5.74, 6) is -0.487. The normalized spacial score (nSPS) is 23.0. The molecule has 0 aromatic heterocycles. The molecule has 7 nitrogen and oxygen atoms in total. The molecule has 168 valence electrons. The number of likely N-dealkylation sites (N-methyl/N-ethyl adjacent to an activating group) is 1. The first-order chi connectivity index (χ1) is 14.8. The van der Waals surface area contributed by atoms with Crippen LogP contribution in [0.5, 0.6) is 11.5 Å². The Kier molecular flexibility index (Phi) is 6.82. The van der Waals surface area contributed by atoms with Crippen LogP contribution in [-0.2, 0) is 9.59 Å². The van der Waals surface area contributed by atoms with E-state index in [1.165, 1.54) is 6.07 Å². The average Bonchev–Trinajstić information content (AvgIpc) is 3.11. The third-order valence-electron chi connectivity index (χ3n) is 5.68. The molecule has 0 radical (unpaired) electrons. The van der Waals surface area contributed by atoms with Crippen LogP contribution in [-0.4, -0.2) is 54.1 Å². The van der Waals surface area contributed by atoms with Crippen molar-refractivity contribution >= 4 is 11.8 Å². The number of primary amides is 1. The fraction of sp³-hybridized carbons (Fsp3) is 0.455. The largest absolute Gasteiger partial charge is 0.490 e. The predicted molar refractivity (Wildman–Crippen MR) is 111 cm³/mol. The van der Waals surface area contributed by atoms with Gasteiger partial charge in [0, 0.05) is 45.0 Å². The highest BCUT2D eigenvalue weighted by Gasteiger charge is 2.46. The molecule has 0 aliphatic carbocycles. The molecule has 2 atom stereocenters. The number of hydrogen-bond donors (Lipinski definition) is 1. The molecule has 0 spiro atoms. The van der Waals surface area contributed by atoms with Crippen LogP contribution < -0.4 is 15.2 Å². The van der Waals surface area contributed by atoms with Crippen molar-refractivity contribution in [3.8, 4) is 11.5 Å². The minimum atomic E-state index is -2.96. The molecule has 1 aromatic rings. The van der Waals surface area contributed by atoms with Gasteiger partial charge in [0.1, 0.15) is 5.66 Å². The molecule has 2 aliphatic heterocycles. The van der Waals surface area contributed by atoms with E-state index in [-0.39, 0.29) is 42.8 Å². The van der Waals surface area contributed by atoms with Crippen molar-refractivity contribution in [1.82, 2.24) is 9.80 Å². The average molecular weight is 435 g/mol. The van der Waals surface area contributed by atoms with Crippen molar-refractivity contribution in [1.29, 1.82) is 0 Å². The second-order valence-electron chi connectivity index (χ2n) is 7.58. The van der Waals surface area contributed by atoms with Gasteiger partial charge in [0.05, 0.1) is 6.61 Å². The number of alkyl halides is 2. The number of likely N-dealkylation sites (tertiary alicyclic amines) is 1. The smallest absolute Gasteiger partial charge is 0.387 e. The summed E-state index contributed by atoms with van der Waals surface area (Å²) in [5, 5.41) is 0. The maximum Gasteiger partial charge on any atom is 0.387 e. The number of carbonyl (C=O) groups excluding carboxylic acids is 2. The zero-order valence-electron chi connectivity index (χ0n) is 17.6. The predicted octanol–water partition coefficient (Wildman–Crippen LogP) is 2.98. The van der Waals surface area contributed by atoms with Crippen LogP contribution in [0.3, 0.4) is 0 Å². The number of nitrogens with two attached hydrogens (primary N) is 1. The Bertz CT molecular complexity index is 890. The third-order valence-corrected chi connectivity index (χ3v) is 5.68. The van der Waals surface area contributed by atoms with Gasteiger partial charge in [0.15, 0.2) is 11.5 Å². The summed E-state index contributed by atoms with van der Waals surface area (Å²) < 4.78 is 35.4. The number of hydrogen-bond acceptors (Lipinski definition) is 5. The van der Waals surface area contributed by atoms with Gasteiger partial charge in [-0.25, -0.2) is 0 Å². The van der Waals surface area contributed by atoms with Crippen molar-refractivity contribution in [3.05, 3.63) is 48.2 Å². The van der Waals surface area contributed by atoms with E-state index < -0.39 is 18.2 Å². The number of benzene rings is 1. The van der Waals surface area contributed by atoms with E-state index in [2.05, 4.69) is 4.74 Å². The van der Waals surface area contributed by atoms with Gasteiger partial charge in [-0.15, -0.1) is 0 Å². The van der Waals surface area contributed by atoms with Crippen molar-refractivity contribution in [2.75, 3.05) is 20.2 Å². The third kappa shape index (κ3) is 4.81. The summed E-state index contributed by atoms with van der Waals surface area (Å²) in [6, 6.07) is 4.77. The minimum absolute atomic E-state index is 0.0419. The fourth-order valence-corrected chi connectivity index (χ4v) is 4.16. The molecule has 2 heterocycles. The highest BCUT2D eigenvalue weighted by molar-refractivity contribution is 5.81. The lowest BCUT2D eigenvalue weighted by atomic mass is 9.95. The maximum atomic E-state index is 13.0. The Balaban J connectivity index is 1.87. The lowest BCUT2D eigenvalue weighted by molar-refractivity contribution is -0.137. The van der Waals surface area contributed by atoms with Gasteiger partial charge in [-0.1, -0.05) is 12.1 Å². The summed E-state index contributed by atoms with van der Waals surface area (Å²) in [7, 11) is 1.85. The fourth-order valence-electron chi connectivity index (χ4n) is 4.16. The molecule has 2 aliphatic rings. The van der Waals surface area contributed by atoms with Gasteiger partial charge in [-0.05, 0) is 36.8 Å². The second-order valence-corrected chi connectivity index (χ2v) is 7.58. The Morgan fingerprint density at radius 1 is 1.32 bits per heavy atom. The Labute approximate surface area is 180 Å². The first-order valence-electron chi connectivity index (χ1n) is 10.2. The van der Waals surface area contributed by atoms with Crippen molar-refractivity contribution in [3.63, 3.8) is 0 Å². The number of rotatable bonds is 9. The zero-order valence-corrected chi connectivity index (χ0v) is 17.6. The summed E-state index contributed by atoms with van der Waals surface area (Å²) in [6.45, 7) is -0.515. The van der Waals surface area contributed by atoms with Crippen LogP contribution in [0, 0.1) is 0 Å². The number of allylic oxidation sites excluding steroid dienone is 2. The van der Waals surface area contributed by atoms with E-state index in [1.807, 2.05) is 36.4 Å². The molecule has 3 rings (SSSR count). The minimum Gasteiger partial charge on any atom is -0.490 e. The zero-order chi connectivity index (χ0) is 22.6. The molecule has 0 bridgehead atoms. The Hall–Kier alpha value is -3.10. The SMILES string of the molecule is CCOc1cc([C@@H]2CC(=O)N([C@]3(CCC(N)=O)C=CC=CN3C)C2)ccc1OC(F)F. The van der Waals surface area contributed by atoms with Crippen molar-refractivity contribution < 1.29 is 27.8 Å². The Morgan fingerprint density at radius 2 is 2.10 bits per heavy atom. The van der Waals surface area contributed by atoms with Crippen LogP contribution in [0.1, 0.15) is 37.7 Å². The molecular formula is C22H27F2N3O4. The molecule has 1 saturated heterocycles. The summed E-state index contributed by atoms with van der Waals surface area (Å²) >= 11 is 0.